The van der Waals surface area contributed by atoms with Crippen LogP contribution in [0, 0.1) is 17.8 Å². The molecule has 2 fully saturated rings. The highest BCUT2D eigenvalue weighted by Crippen LogP contribution is 2.36. The van der Waals surface area contributed by atoms with Gasteiger partial charge in [0.1, 0.15) is 5.78 Å². The molecular weight excluding hydrogens is 172 g/mol. The quantitative estimate of drug-likeness (QED) is 0.656. The van der Waals surface area contributed by atoms with Crippen LogP contribution >= 0.6 is 0 Å². The molecule has 0 amide bonds. The van der Waals surface area contributed by atoms with E-state index in [9.17, 15) is 4.79 Å². The molecule has 2 atom stereocenters. The topological polar surface area (TPSA) is 17.1 Å². The van der Waals surface area contributed by atoms with Crippen LogP contribution in [0.4, 0.5) is 0 Å². The lowest BCUT2D eigenvalue weighted by atomic mass is 9.75. The summed E-state index contributed by atoms with van der Waals surface area (Å²) < 4.78 is 0. The zero-order chi connectivity index (χ0) is 9.97. The van der Waals surface area contributed by atoms with E-state index in [1.165, 1.54) is 51.4 Å². The van der Waals surface area contributed by atoms with E-state index in [-0.39, 0.29) is 0 Å². The van der Waals surface area contributed by atoms with Gasteiger partial charge < -0.3 is 0 Å². The molecule has 80 valence electrons. The summed E-state index contributed by atoms with van der Waals surface area (Å²) in [5.41, 5.74) is 0. The smallest absolute Gasteiger partial charge is 0.139 e. The minimum absolute atomic E-state index is 0.423. The van der Waals surface area contributed by atoms with Gasteiger partial charge in [-0.2, -0.15) is 0 Å². The molecule has 0 spiro atoms. The molecule has 0 aromatic carbocycles. The minimum Gasteiger partial charge on any atom is -0.299 e. The van der Waals surface area contributed by atoms with Crippen LogP contribution in [-0.4, -0.2) is 5.78 Å². The van der Waals surface area contributed by atoms with E-state index in [0.29, 0.717) is 23.5 Å². The molecule has 0 aliphatic heterocycles. The highest BCUT2D eigenvalue weighted by Gasteiger charge is 2.33. The number of carbonyl (C=O) groups excluding carboxylic acids is 1. The second kappa shape index (κ2) is 4.46. The summed E-state index contributed by atoms with van der Waals surface area (Å²) in [7, 11) is 0. The van der Waals surface area contributed by atoms with Crippen LogP contribution < -0.4 is 0 Å². The first-order chi connectivity index (χ1) is 6.79. The van der Waals surface area contributed by atoms with Crippen LogP contribution in [0.1, 0.15) is 58.3 Å². The lowest BCUT2D eigenvalue weighted by Gasteiger charge is -2.29. The van der Waals surface area contributed by atoms with Crippen molar-refractivity contribution in [3.63, 3.8) is 0 Å². The van der Waals surface area contributed by atoms with Crippen molar-refractivity contribution < 1.29 is 4.79 Å². The van der Waals surface area contributed by atoms with Crippen LogP contribution in [0.3, 0.4) is 0 Å². The number of hydrogen-bond acceptors (Lipinski definition) is 1. The third-order valence-corrected chi connectivity index (χ3v) is 4.23. The van der Waals surface area contributed by atoms with E-state index >= 15 is 0 Å². The van der Waals surface area contributed by atoms with Crippen molar-refractivity contribution in [1.29, 1.82) is 0 Å². The normalized spacial score (nSPS) is 34.6. The van der Waals surface area contributed by atoms with Crippen molar-refractivity contribution in [1.82, 2.24) is 0 Å². The van der Waals surface area contributed by atoms with Gasteiger partial charge in [-0.3, -0.25) is 4.79 Å². The molecule has 2 aliphatic rings. The maximum absolute atomic E-state index is 12.2. The lowest BCUT2D eigenvalue weighted by Crippen LogP contribution is -2.29. The fourth-order valence-corrected chi connectivity index (χ4v) is 3.25. The van der Waals surface area contributed by atoms with Gasteiger partial charge in [-0.1, -0.05) is 39.0 Å². The van der Waals surface area contributed by atoms with Gasteiger partial charge in [0, 0.05) is 11.8 Å². The van der Waals surface area contributed by atoms with Crippen LogP contribution in [0.5, 0.6) is 0 Å². The van der Waals surface area contributed by atoms with Crippen LogP contribution in [0.2, 0.25) is 0 Å². The molecule has 2 rings (SSSR count). The molecule has 2 unspecified atom stereocenters. The number of hydrogen-bond donors (Lipinski definition) is 0. The Morgan fingerprint density at radius 3 is 2.14 bits per heavy atom. The summed E-state index contributed by atoms with van der Waals surface area (Å²) in [4.78, 5) is 12.2. The van der Waals surface area contributed by atoms with Gasteiger partial charge >= 0.3 is 0 Å². The van der Waals surface area contributed by atoms with E-state index in [1.54, 1.807) is 0 Å². The molecule has 0 aromatic rings. The van der Waals surface area contributed by atoms with Crippen LogP contribution in [0.25, 0.3) is 0 Å². The van der Waals surface area contributed by atoms with Gasteiger partial charge in [0.2, 0.25) is 0 Å². The highest BCUT2D eigenvalue weighted by molar-refractivity contribution is 5.84. The Labute approximate surface area is 87.3 Å². The first-order valence-corrected chi connectivity index (χ1v) is 6.33. The summed E-state index contributed by atoms with van der Waals surface area (Å²) in [5, 5.41) is 0. The Balaban J connectivity index is 1.94. The van der Waals surface area contributed by atoms with E-state index < -0.39 is 0 Å². The average molecular weight is 194 g/mol. The molecule has 0 saturated heterocycles. The van der Waals surface area contributed by atoms with E-state index in [1.807, 2.05) is 0 Å². The van der Waals surface area contributed by atoms with E-state index in [4.69, 9.17) is 0 Å². The molecular formula is C13H22O. The van der Waals surface area contributed by atoms with Gasteiger partial charge in [-0.05, 0) is 25.2 Å². The van der Waals surface area contributed by atoms with Crippen molar-refractivity contribution in [2.24, 2.45) is 17.8 Å². The molecule has 2 saturated carbocycles. The predicted molar refractivity (Wildman–Crippen MR) is 58.1 cm³/mol. The van der Waals surface area contributed by atoms with Gasteiger partial charge in [-0.15, -0.1) is 0 Å². The summed E-state index contributed by atoms with van der Waals surface area (Å²) >= 11 is 0. The maximum Gasteiger partial charge on any atom is 0.139 e. The van der Waals surface area contributed by atoms with E-state index in [2.05, 4.69) is 6.92 Å². The fourth-order valence-electron chi connectivity index (χ4n) is 3.25. The van der Waals surface area contributed by atoms with E-state index in [0.717, 1.165) is 0 Å². The molecule has 0 bridgehead atoms. The van der Waals surface area contributed by atoms with Crippen molar-refractivity contribution in [2.75, 3.05) is 0 Å². The van der Waals surface area contributed by atoms with Gasteiger partial charge in [0.25, 0.3) is 0 Å². The molecule has 0 N–H and O–H groups in total. The number of ketones is 1. The molecule has 1 heteroatoms. The van der Waals surface area contributed by atoms with Crippen molar-refractivity contribution in [3.8, 4) is 0 Å². The van der Waals surface area contributed by atoms with Gasteiger partial charge in [0.15, 0.2) is 0 Å². The first-order valence-electron chi connectivity index (χ1n) is 6.33. The third-order valence-electron chi connectivity index (χ3n) is 4.23. The Morgan fingerprint density at radius 1 is 0.929 bits per heavy atom. The Bertz CT molecular complexity index is 203. The van der Waals surface area contributed by atoms with Gasteiger partial charge in [0.05, 0.1) is 0 Å². The standard InChI is InChI=1S/C13H22O/c1-10-6-2-5-9-12(10)13(14)11-7-3-4-8-11/h10-12H,2-9H2,1H3. The Kier molecular flexibility index (Phi) is 3.25. The second-order valence-corrected chi connectivity index (χ2v) is 5.25. The first kappa shape index (κ1) is 10.2. The Hall–Kier alpha value is -0.330. The summed E-state index contributed by atoms with van der Waals surface area (Å²) in [5.74, 6) is 2.15. The molecule has 14 heavy (non-hydrogen) atoms. The largest absolute Gasteiger partial charge is 0.299 e. The lowest BCUT2D eigenvalue weighted by molar-refractivity contribution is -0.129. The number of carbonyl (C=O) groups is 1. The molecule has 1 nitrogen and oxygen atoms in total. The van der Waals surface area contributed by atoms with Crippen molar-refractivity contribution >= 4 is 5.78 Å². The van der Waals surface area contributed by atoms with Gasteiger partial charge in [-0.25, -0.2) is 0 Å². The van der Waals surface area contributed by atoms with Crippen LogP contribution in [0.15, 0.2) is 0 Å². The van der Waals surface area contributed by atoms with Crippen molar-refractivity contribution in [2.45, 2.75) is 58.3 Å². The summed E-state index contributed by atoms with van der Waals surface area (Å²) in [6, 6.07) is 0. The SMILES string of the molecule is CC1CCCCC1C(=O)C1CCCC1. The zero-order valence-electron chi connectivity index (χ0n) is 9.30. The monoisotopic (exact) mass is 194 g/mol. The average Bonchev–Trinajstić information content (AvgIpc) is 2.70. The maximum atomic E-state index is 12.2. The second-order valence-electron chi connectivity index (χ2n) is 5.25. The number of Topliss-reactive ketones (excluding diaryl/α,β-unsaturated/α-hetero) is 1. The highest BCUT2D eigenvalue weighted by atomic mass is 16.1. The third kappa shape index (κ3) is 2.02. The molecule has 0 radical (unpaired) electrons. The Morgan fingerprint density at radius 2 is 1.50 bits per heavy atom. The minimum atomic E-state index is 0.423. The molecule has 0 aromatic heterocycles. The number of rotatable bonds is 2. The fraction of sp³-hybridized carbons (Fsp3) is 0.923. The van der Waals surface area contributed by atoms with Crippen LogP contribution in [-0.2, 0) is 4.79 Å². The summed E-state index contributed by atoms with van der Waals surface area (Å²) in [6.45, 7) is 2.27. The summed E-state index contributed by atoms with van der Waals surface area (Å²) in [6.07, 6.45) is 10.0. The predicted octanol–water partition coefficient (Wildman–Crippen LogP) is 3.57. The molecule has 0 heterocycles. The van der Waals surface area contributed by atoms with Crippen molar-refractivity contribution in [3.05, 3.63) is 0 Å². The molecule has 2 aliphatic carbocycles. The zero-order valence-corrected chi connectivity index (χ0v) is 9.30.